The number of hydrogen-bond donors (Lipinski definition) is 3. The monoisotopic (exact) mass is 464 g/mol. The molecule has 1 aromatic heterocycles. The molecule has 3 N–H and O–H groups in total. The second-order valence-electron chi connectivity index (χ2n) is 8.71. The zero-order chi connectivity index (χ0) is 23.2. The Hall–Kier alpha value is -2.66. The highest BCUT2D eigenvalue weighted by molar-refractivity contribution is 6.30. The molecule has 1 heterocycles. The van der Waals surface area contributed by atoms with Gasteiger partial charge in [0.15, 0.2) is 0 Å². The van der Waals surface area contributed by atoms with Crippen LogP contribution in [0.5, 0.6) is 0 Å². The van der Waals surface area contributed by atoms with Crippen LogP contribution in [-0.2, 0) is 19.4 Å². The predicted molar refractivity (Wildman–Crippen MR) is 134 cm³/mol. The Morgan fingerprint density at radius 2 is 1.73 bits per heavy atom. The molecule has 3 nitrogen and oxygen atoms in total. The number of rotatable bonds is 10. The summed E-state index contributed by atoms with van der Waals surface area (Å²) in [6, 6.07) is 20.4. The van der Waals surface area contributed by atoms with Crippen molar-refractivity contribution in [2.45, 2.75) is 38.6 Å². The summed E-state index contributed by atoms with van der Waals surface area (Å²) in [5.74, 6) is 0.0286. The minimum atomic E-state index is -0.206. The van der Waals surface area contributed by atoms with Gasteiger partial charge in [-0.3, -0.25) is 0 Å². The number of aromatic amines is 1. The minimum Gasteiger partial charge on any atom is -0.396 e. The van der Waals surface area contributed by atoms with Crippen LogP contribution in [0.25, 0.3) is 10.9 Å². The van der Waals surface area contributed by atoms with E-state index >= 15 is 0 Å². The van der Waals surface area contributed by atoms with Gasteiger partial charge >= 0.3 is 0 Å². The van der Waals surface area contributed by atoms with Crippen molar-refractivity contribution >= 4 is 22.5 Å². The molecule has 5 heteroatoms. The smallest absolute Gasteiger partial charge is 0.147 e. The van der Waals surface area contributed by atoms with Crippen molar-refractivity contribution in [1.29, 1.82) is 0 Å². The summed E-state index contributed by atoms with van der Waals surface area (Å²) >= 11 is 6.14. The third-order valence-corrected chi connectivity index (χ3v) is 6.38. The molecule has 0 radical (unpaired) electrons. The molecule has 33 heavy (non-hydrogen) atoms. The summed E-state index contributed by atoms with van der Waals surface area (Å²) in [6.07, 6.45) is 4.38. The normalized spacial score (nSPS) is 12.4. The molecule has 0 amide bonds. The van der Waals surface area contributed by atoms with Gasteiger partial charge in [-0.15, -0.1) is 0 Å². The van der Waals surface area contributed by atoms with E-state index in [1.54, 1.807) is 6.07 Å². The number of aromatic nitrogens is 1. The van der Waals surface area contributed by atoms with Gasteiger partial charge in [0.05, 0.1) is 5.52 Å². The zero-order valence-corrected chi connectivity index (χ0v) is 19.6. The van der Waals surface area contributed by atoms with Crippen LogP contribution in [0.3, 0.4) is 0 Å². The Bertz CT molecular complexity index is 1190. The molecule has 0 saturated carbocycles. The van der Waals surface area contributed by atoms with Crippen LogP contribution < -0.4 is 5.32 Å². The van der Waals surface area contributed by atoms with Gasteiger partial charge in [0, 0.05) is 29.8 Å². The lowest BCUT2D eigenvalue weighted by molar-refractivity contribution is 0.286. The summed E-state index contributed by atoms with van der Waals surface area (Å²) in [7, 11) is 0. The Balaban J connectivity index is 1.56. The van der Waals surface area contributed by atoms with E-state index in [4.69, 9.17) is 16.7 Å². The van der Waals surface area contributed by atoms with E-state index in [0.29, 0.717) is 5.52 Å². The molecule has 1 unspecified atom stereocenters. The second-order valence-corrected chi connectivity index (χ2v) is 9.15. The van der Waals surface area contributed by atoms with E-state index in [0.717, 1.165) is 53.9 Å². The first-order chi connectivity index (χ1) is 16.0. The van der Waals surface area contributed by atoms with Crippen molar-refractivity contribution in [3.05, 3.63) is 106 Å². The van der Waals surface area contributed by atoms with E-state index in [9.17, 15) is 4.39 Å². The number of aliphatic hydroxyl groups is 1. The molecular weight excluding hydrogens is 435 g/mol. The summed E-state index contributed by atoms with van der Waals surface area (Å²) in [4.78, 5) is 3.13. The van der Waals surface area contributed by atoms with Gasteiger partial charge in [0.25, 0.3) is 0 Å². The Morgan fingerprint density at radius 3 is 2.45 bits per heavy atom. The van der Waals surface area contributed by atoms with Crippen molar-refractivity contribution in [2.24, 2.45) is 0 Å². The number of benzene rings is 3. The molecule has 0 spiro atoms. The average Bonchev–Trinajstić information content (AvgIpc) is 3.21. The number of aryl methyl sites for hydroxylation is 1. The quantitative estimate of drug-likeness (QED) is 0.241. The van der Waals surface area contributed by atoms with Crippen LogP contribution in [0.2, 0.25) is 5.02 Å². The van der Waals surface area contributed by atoms with Gasteiger partial charge in [-0.05, 0) is 90.7 Å². The number of halogens is 2. The molecular formula is C28H30ClFN2O. The highest BCUT2D eigenvalue weighted by Crippen LogP contribution is 2.31. The minimum absolute atomic E-state index is 0.206. The van der Waals surface area contributed by atoms with E-state index < -0.39 is 0 Å². The summed E-state index contributed by atoms with van der Waals surface area (Å²) in [6.45, 7) is 3.74. The van der Waals surface area contributed by atoms with E-state index in [-0.39, 0.29) is 18.3 Å². The molecule has 0 aliphatic heterocycles. The fourth-order valence-electron chi connectivity index (χ4n) is 4.37. The SMILES string of the molecule is Cc1cc(F)c2[nH]cc(CC(Cc3ccc(CNCCCO)cc3)c3ccc(Cl)cc3)c2c1. The lowest BCUT2D eigenvalue weighted by Gasteiger charge is -2.18. The lowest BCUT2D eigenvalue weighted by Crippen LogP contribution is -2.15. The highest BCUT2D eigenvalue weighted by Gasteiger charge is 2.17. The standard InChI is InChI=1S/C28H30ClFN2O/c1-19-13-26-24(18-32-28(26)27(30)14-19)16-23(22-7-9-25(29)10-8-22)15-20-3-5-21(6-4-20)17-31-11-2-12-33/h3-10,13-14,18,23,31-33H,2,11-12,15-17H2,1H3. The number of fused-ring (bicyclic) bond motifs is 1. The Kier molecular flexibility index (Phi) is 7.81. The number of aliphatic hydroxyl groups excluding tert-OH is 1. The fraction of sp³-hybridized carbons (Fsp3) is 0.286. The molecule has 172 valence electrons. The van der Waals surface area contributed by atoms with Crippen LogP contribution in [0.4, 0.5) is 4.39 Å². The Morgan fingerprint density at radius 1 is 1.00 bits per heavy atom. The fourth-order valence-corrected chi connectivity index (χ4v) is 4.50. The Labute approximate surface area is 199 Å². The number of hydrogen-bond acceptors (Lipinski definition) is 2. The maximum atomic E-state index is 14.4. The first-order valence-electron chi connectivity index (χ1n) is 11.4. The van der Waals surface area contributed by atoms with E-state index in [1.165, 1.54) is 16.7 Å². The maximum Gasteiger partial charge on any atom is 0.147 e. The van der Waals surface area contributed by atoms with Crippen LogP contribution in [0.1, 0.15) is 40.2 Å². The third kappa shape index (κ3) is 6.02. The number of H-pyrrole nitrogens is 1. The third-order valence-electron chi connectivity index (χ3n) is 6.12. The molecule has 4 rings (SSSR count). The zero-order valence-electron chi connectivity index (χ0n) is 18.9. The van der Waals surface area contributed by atoms with Gasteiger partial charge in [0.2, 0.25) is 0 Å². The molecule has 0 fully saturated rings. The summed E-state index contributed by atoms with van der Waals surface area (Å²) in [5, 5.41) is 13.9. The van der Waals surface area contributed by atoms with Crippen molar-refractivity contribution < 1.29 is 9.50 Å². The second kappa shape index (κ2) is 11.0. The molecule has 3 aromatic carbocycles. The lowest BCUT2D eigenvalue weighted by atomic mass is 9.86. The summed E-state index contributed by atoms with van der Waals surface area (Å²) in [5.41, 5.74) is 6.32. The van der Waals surface area contributed by atoms with E-state index in [2.05, 4.69) is 52.8 Å². The molecule has 4 aromatic rings. The maximum absolute atomic E-state index is 14.4. The highest BCUT2D eigenvalue weighted by atomic mass is 35.5. The van der Waals surface area contributed by atoms with Crippen molar-refractivity contribution in [1.82, 2.24) is 10.3 Å². The molecule has 0 aliphatic carbocycles. The van der Waals surface area contributed by atoms with Crippen molar-refractivity contribution in [3.63, 3.8) is 0 Å². The molecule has 0 saturated heterocycles. The average molecular weight is 465 g/mol. The van der Waals surface area contributed by atoms with Crippen LogP contribution in [-0.4, -0.2) is 23.2 Å². The van der Waals surface area contributed by atoms with Crippen molar-refractivity contribution in [2.75, 3.05) is 13.2 Å². The first kappa shape index (κ1) is 23.5. The van der Waals surface area contributed by atoms with Gasteiger partial charge in [-0.2, -0.15) is 0 Å². The number of nitrogens with one attached hydrogen (secondary N) is 2. The van der Waals surface area contributed by atoms with Gasteiger partial charge in [-0.25, -0.2) is 4.39 Å². The van der Waals surface area contributed by atoms with Gasteiger partial charge < -0.3 is 15.4 Å². The summed E-state index contributed by atoms with van der Waals surface area (Å²) < 4.78 is 14.4. The predicted octanol–water partition coefficient (Wildman–Crippen LogP) is 6.31. The molecule has 0 bridgehead atoms. The molecule has 1 atom stereocenters. The van der Waals surface area contributed by atoms with E-state index in [1.807, 2.05) is 25.3 Å². The first-order valence-corrected chi connectivity index (χ1v) is 11.8. The largest absolute Gasteiger partial charge is 0.396 e. The topological polar surface area (TPSA) is 48.0 Å². The molecule has 0 aliphatic rings. The van der Waals surface area contributed by atoms with Crippen LogP contribution in [0, 0.1) is 12.7 Å². The van der Waals surface area contributed by atoms with Gasteiger partial charge in [-0.1, -0.05) is 48.0 Å². The van der Waals surface area contributed by atoms with Gasteiger partial charge in [0.1, 0.15) is 5.82 Å². The van der Waals surface area contributed by atoms with Crippen LogP contribution in [0.15, 0.2) is 66.9 Å². The van der Waals surface area contributed by atoms with Crippen molar-refractivity contribution in [3.8, 4) is 0 Å². The van der Waals surface area contributed by atoms with Crippen LogP contribution >= 0.6 is 11.6 Å².